The van der Waals surface area contributed by atoms with Gasteiger partial charge in [-0.2, -0.15) is 4.39 Å². The van der Waals surface area contributed by atoms with Gasteiger partial charge in [-0.25, -0.2) is 4.79 Å². The molecule has 0 saturated heterocycles. The van der Waals surface area contributed by atoms with E-state index in [1.165, 1.54) is 6.07 Å². The largest absolute Gasteiger partial charge is 0.459 e. The van der Waals surface area contributed by atoms with Crippen LogP contribution in [0, 0.1) is 15.9 Å². The van der Waals surface area contributed by atoms with Gasteiger partial charge in [-0.3, -0.25) is 10.1 Å². The second-order valence-corrected chi connectivity index (χ2v) is 3.35. The van der Waals surface area contributed by atoms with Gasteiger partial charge < -0.3 is 4.74 Å². The van der Waals surface area contributed by atoms with E-state index in [1.54, 1.807) is 13.8 Å². The molecule has 5 nitrogen and oxygen atoms in total. The SMILES string of the molecule is CC(C)OC(=O)c1cccc(F)c1[N+](=O)[O-]. The predicted octanol–water partition coefficient (Wildman–Crippen LogP) is 2.30. The Labute approximate surface area is 91.0 Å². The molecular formula is C10H10FNO4. The zero-order chi connectivity index (χ0) is 12.3. The first-order valence-electron chi connectivity index (χ1n) is 4.57. The number of ether oxygens (including phenoxy) is 1. The normalized spacial score (nSPS) is 10.2. The van der Waals surface area contributed by atoms with Gasteiger partial charge in [0, 0.05) is 0 Å². The molecule has 0 amide bonds. The van der Waals surface area contributed by atoms with Crippen LogP contribution in [-0.2, 0) is 4.74 Å². The van der Waals surface area contributed by atoms with Crippen molar-refractivity contribution in [2.75, 3.05) is 0 Å². The van der Waals surface area contributed by atoms with Crippen molar-refractivity contribution in [3.8, 4) is 0 Å². The number of nitro benzene ring substituents is 1. The molecule has 0 aliphatic rings. The molecule has 0 radical (unpaired) electrons. The molecule has 0 atom stereocenters. The van der Waals surface area contributed by atoms with E-state index in [0.29, 0.717) is 0 Å². The molecule has 0 heterocycles. The molecule has 0 saturated carbocycles. The van der Waals surface area contributed by atoms with Gasteiger partial charge in [-0.05, 0) is 26.0 Å². The van der Waals surface area contributed by atoms with E-state index in [0.717, 1.165) is 12.1 Å². The van der Waals surface area contributed by atoms with Gasteiger partial charge in [0.25, 0.3) is 0 Å². The third-order valence-corrected chi connectivity index (χ3v) is 1.73. The summed E-state index contributed by atoms with van der Waals surface area (Å²) >= 11 is 0. The third-order valence-electron chi connectivity index (χ3n) is 1.73. The lowest BCUT2D eigenvalue weighted by Gasteiger charge is -2.08. The number of halogens is 1. The van der Waals surface area contributed by atoms with E-state index in [4.69, 9.17) is 4.74 Å². The highest BCUT2D eigenvalue weighted by molar-refractivity contribution is 5.94. The number of rotatable bonds is 3. The number of hydrogen-bond donors (Lipinski definition) is 0. The molecule has 0 aliphatic carbocycles. The topological polar surface area (TPSA) is 69.4 Å². The molecule has 0 fully saturated rings. The minimum Gasteiger partial charge on any atom is -0.459 e. The molecule has 0 N–H and O–H groups in total. The van der Waals surface area contributed by atoms with Crippen molar-refractivity contribution in [2.45, 2.75) is 20.0 Å². The van der Waals surface area contributed by atoms with E-state index in [1.807, 2.05) is 0 Å². The molecule has 1 aromatic rings. The van der Waals surface area contributed by atoms with Gasteiger partial charge >= 0.3 is 11.7 Å². The third kappa shape index (κ3) is 2.53. The molecule has 0 bridgehead atoms. The Morgan fingerprint density at radius 3 is 2.62 bits per heavy atom. The lowest BCUT2D eigenvalue weighted by Crippen LogP contribution is -2.14. The van der Waals surface area contributed by atoms with Gasteiger partial charge in [0.2, 0.25) is 5.82 Å². The van der Waals surface area contributed by atoms with E-state index in [9.17, 15) is 19.3 Å². The first-order valence-corrected chi connectivity index (χ1v) is 4.57. The van der Waals surface area contributed by atoms with Crippen molar-refractivity contribution < 1.29 is 18.8 Å². The number of esters is 1. The van der Waals surface area contributed by atoms with Crippen LogP contribution < -0.4 is 0 Å². The van der Waals surface area contributed by atoms with Crippen LogP contribution in [0.5, 0.6) is 0 Å². The Balaban J connectivity index is 3.18. The molecule has 16 heavy (non-hydrogen) atoms. The van der Waals surface area contributed by atoms with Crippen molar-refractivity contribution in [2.24, 2.45) is 0 Å². The zero-order valence-electron chi connectivity index (χ0n) is 8.77. The van der Waals surface area contributed by atoms with Gasteiger partial charge in [0.05, 0.1) is 11.0 Å². The maximum Gasteiger partial charge on any atom is 0.345 e. The molecule has 1 aromatic carbocycles. The summed E-state index contributed by atoms with van der Waals surface area (Å²) in [6.07, 6.45) is -0.421. The molecule has 1 rings (SSSR count). The van der Waals surface area contributed by atoms with Gasteiger partial charge in [0.15, 0.2) is 0 Å². The first-order chi connectivity index (χ1) is 7.43. The summed E-state index contributed by atoms with van der Waals surface area (Å²) in [6.45, 7) is 3.20. The summed E-state index contributed by atoms with van der Waals surface area (Å²) < 4.78 is 17.9. The Morgan fingerprint density at radius 2 is 2.12 bits per heavy atom. The minimum atomic E-state index is -1.05. The Morgan fingerprint density at radius 1 is 1.50 bits per heavy atom. The Kier molecular flexibility index (Phi) is 3.55. The number of carbonyl (C=O) groups is 1. The fraction of sp³-hybridized carbons (Fsp3) is 0.300. The number of nitro groups is 1. The average molecular weight is 227 g/mol. The number of carbonyl (C=O) groups excluding carboxylic acids is 1. The fourth-order valence-electron chi connectivity index (χ4n) is 1.14. The second kappa shape index (κ2) is 4.69. The summed E-state index contributed by atoms with van der Waals surface area (Å²) in [4.78, 5) is 21.1. The van der Waals surface area contributed by atoms with Crippen LogP contribution in [-0.4, -0.2) is 17.0 Å². The highest BCUT2D eigenvalue weighted by atomic mass is 19.1. The number of nitrogens with zero attached hydrogens (tertiary/aromatic N) is 1. The van der Waals surface area contributed by atoms with E-state index in [-0.39, 0.29) is 5.56 Å². The summed E-state index contributed by atoms with van der Waals surface area (Å²) in [5.41, 5.74) is -1.23. The van der Waals surface area contributed by atoms with Gasteiger partial charge in [0.1, 0.15) is 5.56 Å². The van der Waals surface area contributed by atoms with Gasteiger partial charge in [-0.1, -0.05) is 6.07 Å². The summed E-state index contributed by atoms with van der Waals surface area (Å²) in [5.74, 6) is -1.95. The highest BCUT2D eigenvalue weighted by Gasteiger charge is 2.26. The summed E-state index contributed by atoms with van der Waals surface area (Å²) in [6, 6.07) is 3.30. The van der Waals surface area contributed by atoms with Crippen LogP contribution in [0.1, 0.15) is 24.2 Å². The average Bonchev–Trinajstić information content (AvgIpc) is 2.15. The van der Waals surface area contributed by atoms with Crippen molar-refractivity contribution in [3.05, 3.63) is 39.7 Å². The van der Waals surface area contributed by atoms with Crippen molar-refractivity contribution in [3.63, 3.8) is 0 Å². The lowest BCUT2D eigenvalue weighted by molar-refractivity contribution is -0.387. The molecule has 0 unspecified atom stereocenters. The Hall–Kier alpha value is -1.98. The molecule has 6 heteroatoms. The van der Waals surface area contributed by atoms with E-state index < -0.39 is 28.5 Å². The van der Waals surface area contributed by atoms with Gasteiger partial charge in [-0.15, -0.1) is 0 Å². The van der Waals surface area contributed by atoms with Crippen LogP contribution >= 0.6 is 0 Å². The number of benzene rings is 1. The summed E-state index contributed by atoms with van der Waals surface area (Å²) in [5, 5.41) is 10.6. The standard InChI is InChI=1S/C10H10FNO4/c1-6(2)16-10(13)7-4-3-5-8(11)9(7)12(14)15/h3-6H,1-2H3. The fourth-order valence-corrected chi connectivity index (χ4v) is 1.14. The predicted molar refractivity (Wildman–Crippen MR) is 53.6 cm³/mol. The van der Waals surface area contributed by atoms with Crippen LogP contribution in [0.3, 0.4) is 0 Å². The number of hydrogen-bond acceptors (Lipinski definition) is 4. The second-order valence-electron chi connectivity index (χ2n) is 3.35. The summed E-state index contributed by atoms with van der Waals surface area (Å²) in [7, 11) is 0. The van der Waals surface area contributed by atoms with Crippen LogP contribution in [0.15, 0.2) is 18.2 Å². The molecule has 0 aromatic heterocycles. The number of para-hydroxylation sites is 1. The van der Waals surface area contributed by atoms with Crippen molar-refractivity contribution in [1.29, 1.82) is 0 Å². The Bertz CT molecular complexity index is 431. The van der Waals surface area contributed by atoms with E-state index >= 15 is 0 Å². The first kappa shape index (κ1) is 12.1. The minimum absolute atomic E-state index is 0.376. The quantitative estimate of drug-likeness (QED) is 0.451. The maximum atomic E-state index is 13.1. The van der Waals surface area contributed by atoms with Crippen LogP contribution in [0.2, 0.25) is 0 Å². The highest BCUT2D eigenvalue weighted by Crippen LogP contribution is 2.23. The van der Waals surface area contributed by atoms with Crippen LogP contribution in [0.25, 0.3) is 0 Å². The molecule has 0 spiro atoms. The molecule has 86 valence electrons. The zero-order valence-corrected chi connectivity index (χ0v) is 8.77. The van der Waals surface area contributed by atoms with E-state index in [2.05, 4.69) is 0 Å². The smallest absolute Gasteiger partial charge is 0.345 e. The van der Waals surface area contributed by atoms with Crippen molar-refractivity contribution >= 4 is 11.7 Å². The maximum absolute atomic E-state index is 13.1. The monoisotopic (exact) mass is 227 g/mol. The van der Waals surface area contributed by atoms with Crippen molar-refractivity contribution in [1.82, 2.24) is 0 Å². The lowest BCUT2D eigenvalue weighted by atomic mass is 10.1. The molecule has 0 aliphatic heterocycles. The molecular weight excluding hydrogens is 217 g/mol. The van der Waals surface area contributed by atoms with Crippen LogP contribution in [0.4, 0.5) is 10.1 Å².